The fourth-order valence-electron chi connectivity index (χ4n) is 2.53. The second-order valence-electron chi connectivity index (χ2n) is 5.42. The summed E-state index contributed by atoms with van der Waals surface area (Å²) in [6, 6.07) is 23.3. The molecule has 3 rings (SSSR count). The maximum Gasteiger partial charge on any atom is 0.261 e. The number of sulfonamides is 1. The van der Waals surface area contributed by atoms with E-state index in [9.17, 15) is 8.42 Å². The van der Waals surface area contributed by atoms with E-state index in [1.54, 1.807) is 42.5 Å². The molecule has 3 aromatic carbocycles. The van der Waals surface area contributed by atoms with E-state index in [4.69, 9.17) is 4.74 Å². The lowest BCUT2D eigenvalue weighted by Crippen LogP contribution is -2.13. The van der Waals surface area contributed by atoms with Crippen molar-refractivity contribution in [2.24, 2.45) is 0 Å². The highest BCUT2D eigenvalue weighted by Gasteiger charge is 2.16. The summed E-state index contributed by atoms with van der Waals surface area (Å²) >= 11 is 0. The molecule has 0 saturated heterocycles. The molecule has 4 nitrogen and oxygen atoms in total. The van der Waals surface area contributed by atoms with E-state index < -0.39 is 10.0 Å². The number of nitrogens with one attached hydrogen (secondary N) is 1. The van der Waals surface area contributed by atoms with E-state index in [2.05, 4.69) is 4.72 Å². The van der Waals surface area contributed by atoms with Crippen LogP contribution in [0.2, 0.25) is 0 Å². The van der Waals surface area contributed by atoms with Crippen molar-refractivity contribution in [3.05, 3.63) is 78.9 Å². The van der Waals surface area contributed by atoms with E-state index in [-0.39, 0.29) is 4.90 Å². The molecule has 0 aliphatic rings. The summed E-state index contributed by atoms with van der Waals surface area (Å²) in [4.78, 5) is 0.225. The first kappa shape index (κ1) is 17.0. The molecular formula is C20H19NO3S. The molecule has 25 heavy (non-hydrogen) atoms. The molecule has 3 aromatic rings. The van der Waals surface area contributed by atoms with Crippen LogP contribution in [0.5, 0.6) is 5.75 Å². The molecule has 0 unspecified atom stereocenters. The molecular weight excluding hydrogens is 334 g/mol. The van der Waals surface area contributed by atoms with Crippen LogP contribution in [-0.4, -0.2) is 15.0 Å². The third-order valence-corrected chi connectivity index (χ3v) is 5.07. The Hall–Kier alpha value is -2.79. The highest BCUT2D eigenvalue weighted by atomic mass is 32.2. The lowest BCUT2D eigenvalue weighted by molar-refractivity contribution is 0.340. The van der Waals surface area contributed by atoms with Crippen LogP contribution in [0, 0.1) is 0 Å². The van der Waals surface area contributed by atoms with Gasteiger partial charge in [0.15, 0.2) is 0 Å². The molecule has 5 heteroatoms. The predicted octanol–water partition coefficient (Wildman–Crippen LogP) is 4.55. The Morgan fingerprint density at radius 2 is 1.52 bits per heavy atom. The lowest BCUT2D eigenvalue weighted by atomic mass is 10.0. The van der Waals surface area contributed by atoms with E-state index in [0.29, 0.717) is 18.0 Å². The van der Waals surface area contributed by atoms with Crippen molar-refractivity contribution < 1.29 is 13.2 Å². The number of benzene rings is 3. The van der Waals surface area contributed by atoms with Gasteiger partial charge in [-0.15, -0.1) is 0 Å². The summed E-state index contributed by atoms with van der Waals surface area (Å²) < 4.78 is 33.6. The van der Waals surface area contributed by atoms with Gasteiger partial charge in [-0.05, 0) is 42.8 Å². The Morgan fingerprint density at radius 1 is 0.880 bits per heavy atom. The normalized spacial score (nSPS) is 11.1. The third-order valence-electron chi connectivity index (χ3n) is 3.68. The molecule has 0 atom stereocenters. The summed E-state index contributed by atoms with van der Waals surface area (Å²) in [6.45, 7) is 2.46. The smallest absolute Gasteiger partial charge is 0.261 e. The Kier molecular flexibility index (Phi) is 5.05. The van der Waals surface area contributed by atoms with Crippen molar-refractivity contribution in [3.8, 4) is 16.9 Å². The van der Waals surface area contributed by atoms with Crippen molar-refractivity contribution in [2.45, 2.75) is 11.8 Å². The Bertz CT molecular complexity index is 939. The van der Waals surface area contributed by atoms with Gasteiger partial charge in [-0.25, -0.2) is 8.42 Å². The average molecular weight is 353 g/mol. The highest BCUT2D eigenvalue weighted by Crippen LogP contribution is 2.33. The first-order chi connectivity index (χ1) is 12.1. The zero-order valence-electron chi connectivity index (χ0n) is 13.8. The molecule has 0 spiro atoms. The van der Waals surface area contributed by atoms with Crippen molar-refractivity contribution >= 4 is 15.7 Å². The minimum Gasteiger partial charge on any atom is -0.494 e. The van der Waals surface area contributed by atoms with Gasteiger partial charge in [0.05, 0.1) is 17.2 Å². The highest BCUT2D eigenvalue weighted by molar-refractivity contribution is 7.92. The minimum absolute atomic E-state index is 0.225. The summed E-state index contributed by atoms with van der Waals surface area (Å²) in [5.41, 5.74) is 2.19. The predicted molar refractivity (Wildman–Crippen MR) is 100 cm³/mol. The molecule has 0 aliphatic carbocycles. The van der Waals surface area contributed by atoms with Crippen LogP contribution in [0.25, 0.3) is 11.1 Å². The monoisotopic (exact) mass is 353 g/mol. The molecule has 0 aromatic heterocycles. The molecule has 0 bridgehead atoms. The molecule has 0 saturated carbocycles. The number of hydrogen-bond acceptors (Lipinski definition) is 3. The largest absolute Gasteiger partial charge is 0.494 e. The molecule has 0 fully saturated rings. The van der Waals surface area contributed by atoms with Gasteiger partial charge in [0, 0.05) is 5.56 Å². The first-order valence-electron chi connectivity index (χ1n) is 8.00. The average Bonchev–Trinajstić information content (AvgIpc) is 2.64. The molecule has 128 valence electrons. The van der Waals surface area contributed by atoms with Crippen molar-refractivity contribution in [1.82, 2.24) is 0 Å². The van der Waals surface area contributed by atoms with Crippen LogP contribution < -0.4 is 9.46 Å². The van der Waals surface area contributed by atoms with Crippen molar-refractivity contribution in [1.29, 1.82) is 0 Å². The van der Waals surface area contributed by atoms with Gasteiger partial charge < -0.3 is 4.74 Å². The lowest BCUT2D eigenvalue weighted by Gasteiger charge is -2.15. The van der Waals surface area contributed by atoms with Gasteiger partial charge in [0.2, 0.25) is 0 Å². The number of ether oxygens (including phenoxy) is 1. The van der Waals surface area contributed by atoms with Crippen LogP contribution in [0.4, 0.5) is 5.69 Å². The van der Waals surface area contributed by atoms with E-state index >= 15 is 0 Å². The SMILES string of the molecule is CCOc1ccc(NS(=O)(=O)c2ccccc2)c(-c2ccccc2)c1. The quantitative estimate of drug-likeness (QED) is 0.707. The zero-order chi connectivity index (χ0) is 17.7. The van der Waals surface area contributed by atoms with Gasteiger partial charge >= 0.3 is 0 Å². The minimum atomic E-state index is -3.66. The van der Waals surface area contributed by atoms with Gasteiger partial charge in [-0.1, -0.05) is 48.5 Å². The maximum absolute atomic E-state index is 12.7. The third kappa shape index (κ3) is 4.00. The van der Waals surface area contributed by atoms with E-state index in [1.807, 2.05) is 43.3 Å². The molecule has 0 amide bonds. The maximum atomic E-state index is 12.7. The van der Waals surface area contributed by atoms with Crippen LogP contribution >= 0.6 is 0 Å². The topological polar surface area (TPSA) is 55.4 Å². The Balaban J connectivity index is 2.04. The van der Waals surface area contributed by atoms with Gasteiger partial charge in [0.1, 0.15) is 5.75 Å². The Labute approximate surface area is 148 Å². The Morgan fingerprint density at radius 3 is 2.16 bits per heavy atom. The van der Waals surface area contributed by atoms with Gasteiger partial charge in [-0.3, -0.25) is 4.72 Å². The number of rotatable bonds is 6. The van der Waals surface area contributed by atoms with Crippen LogP contribution in [0.1, 0.15) is 6.92 Å². The second-order valence-corrected chi connectivity index (χ2v) is 7.11. The second kappa shape index (κ2) is 7.40. The van der Waals surface area contributed by atoms with Crippen molar-refractivity contribution in [3.63, 3.8) is 0 Å². The number of anilines is 1. The van der Waals surface area contributed by atoms with Crippen LogP contribution in [0.15, 0.2) is 83.8 Å². The molecule has 0 aliphatic heterocycles. The summed E-state index contributed by atoms with van der Waals surface area (Å²) in [7, 11) is -3.66. The molecule has 0 heterocycles. The summed E-state index contributed by atoms with van der Waals surface area (Å²) in [6.07, 6.45) is 0. The number of hydrogen-bond donors (Lipinski definition) is 1. The molecule has 1 N–H and O–H groups in total. The van der Waals surface area contributed by atoms with E-state index in [0.717, 1.165) is 11.1 Å². The van der Waals surface area contributed by atoms with Crippen molar-refractivity contribution in [2.75, 3.05) is 11.3 Å². The van der Waals surface area contributed by atoms with Gasteiger partial charge in [-0.2, -0.15) is 0 Å². The van der Waals surface area contributed by atoms with Gasteiger partial charge in [0.25, 0.3) is 10.0 Å². The zero-order valence-corrected chi connectivity index (χ0v) is 14.7. The summed E-state index contributed by atoms with van der Waals surface area (Å²) in [5.74, 6) is 0.698. The fourth-order valence-corrected chi connectivity index (χ4v) is 3.63. The molecule has 0 radical (unpaired) electrons. The van der Waals surface area contributed by atoms with Crippen LogP contribution in [-0.2, 0) is 10.0 Å². The van der Waals surface area contributed by atoms with Crippen LogP contribution in [0.3, 0.4) is 0 Å². The standard InChI is InChI=1S/C20H19NO3S/c1-2-24-17-13-14-20(19(15-17)16-9-5-3-6-10-16)21-25(22,23)18-11-7-4-8-12-18/h3-15,21H,2H2,1H3. The summed E-state index contributed by atoms with van der Waals surface area (Å²) in [5, 5.41) is 0. The van der Waals surface area contributed by atoms with E-state index in [1.165, 1.54) is 0 Å². The fraction of sp³-hybridized carbons (Fsp3) is 0.100. The first-order valence-corrected chi connectivity index (χ1v) is 9.48.